The van der Waals surface area contributed by atoms with Gasteiger partial charge in [0.25, 0.3) is 0 Å². The van der Waals surface area contributed by atoms with E-state index in [4.69, 9.17) is 21.1 Å². The van der Waals surface area contributed by atoms with Crippen molar-refractivity contribution in [1.82, 2.24) is 4.98 Å². The van der Waals surface area contributed by atoms with Crippen molar-refractivity contribution in [3.63, 3.8) is 0 Å². The molecule has 2 atom stereocenters. The van der Waals surface area contributed by atoms with Crippen molar-refractivity contribution in [2.45, 2.75) is 58.0 Å². The summed E-state index contributed by atoms with van der Waals surface area (Å²) >= 11 is 7.64. The number of pyridine rings is 1. The fraction of sp³-hybridized carbons (Fsp3) is 0.433. The Balaban J connectivity index is 1.49. The Kier molecular flexibility index (Phi) is 10.8. The zero-order valence-corrected chi connectivity index (χ0v) is 24.8. The molecule has 1 aliphatic carbocycles. The van der Waals surface area contributed by atoms with Crippen molar-refractivity contribution < 1.29 is 19.1 Å². The molecule has 2 N–H and O–H groups in total. The van der Waals surface area contributed by atoms with E-state index in [9.17, 15) is 9.59 Å². The number of halogens is 1. The highest BCUT2D eigenvalue weighted by Gasteiger charge is 2.31. The van der Waals surface area contributed by atoms with E-state index >= 15 is 0 Å². The Labute approximate surface area is 245 Å². The molecule has 214 valence electrons. The van der Waals surface area contributed by atoms with Gasteiger partial charge in [0, 0.05) is 23.9 Å². The van der Waals surface area contributed by atoms with Gasteiger partial charge in [-0.15, -0.1) is 11.3 Å². The highest BCUT2D eigenvalue weighted by Crippen LogP contribution is 2.36. The molecule has 2 aromatic heterocycles. The molecule has 0 spiro atoms. The summed E-state index contributed by atoms with van der Waals surface area (Å²) in [4.78, 5) is 33.1. The standard InChI is InChI=1S/C30H37ClN4O4S/c1-20-26(17-23(31)18-32-20)33-21(2)28-12-13-29(40-28)35(19-36)27(16-22-6-4-5-7-22)30(37)34-24-8-10-25(11-9-24)39-15-14-38-3/h8-13,17-19,21-22,27,33H,4-7,14-16H2,1-3H3,(H,34,37)/t21-,27-/m0/s1. The lowest BCUT2D eigenvalue weighted by molar-refractivity contribution is -0.119. The van der Waals surface area contributed by atoms with Gasteiger partial charge in [0.05, 0.1) is 34.1 Å². The van der Waals surface area contributed by atoms with Crippen LogP contribution in [-0.2, 0) is 14.3 Å². The molecule has 40 heavy (non-hydrogen) atoms. The molecule has 1 saturated carbocycles. The van der Waals surface area contributed by atoms with Crippen LogP contribution in [0.2, 0.25) is 5.02 Å². The molecular weight excluding hydrogens is 548 g/mol. The molecule has 8 nitrogen and oxygen atoms in total. The number of aryl methyl sites for hydroxylation is 1. The number of benzene rings is 1. The van der Waals surface area contributed by atoms with E-state index in [1.807, 2.05) is 44.2 Å². The normalized spacial score (nSPS) is 14.9. The molecule has 1 aromatic carbocycles. The summed E-state index contributed by atoms with van der Waals surface area (Å²) in [5.41, 5.74) is 2.36. The fourth-order valence-corrected chi connectivity index (χ4v) is 6.15. The summed E-state index contributed by atoms with van der Waals surface area (Å²) < 4.78 is 10.6. The number of carbonyl (C=O) groups excluding carboxylic acids is 2. The van der Waals surface area contributed by atoms with Crippen LogP contribution in [0.1, 0.15) is 55.6 Å². The number of hydrogen-bond acceptors (Lipinski definition) is 7. The van der Waals surface area contributed by atoms with E-state index in [-0.39, 0.29) is 11.9 Å². The topological polar surface area (TPSA) is 92.8 Å². The minimum atomic E-state index is -0.618. The molecule has 10 heteroatoms. The Hall–Kier alpha value is -3.14. The lowest BCUT2D eigenvalue weighted by Crippen LogP contribution is -2.44. The maximum Gasteiger partial charge on any atom is 0.247 e. The van der Waals surface area contributed by atoms with Crippen LogP contribution in [0.25, 0.3) is 0 Å². The van der Waals surface area contributed by atoms with Gasteiger partial charge in [-0.3, -0.25) is 19.5 Å². The zero-order valence-electron chi connectivity index (χ0n) is 23.2. The molecule has 2 amide bonds. The van der Waals surface area contributed by atoms with E-state index in [0.29, 0.717) is 42.0 Å². The van der Waals surface area contributed by atoms with Gasteiger partial charge in [0.1, 0.15) is 18.4 Å². The van der Waals surface area contributed by atoms with Crippen LogP contribution in [0, 0.1) is 12.8 Å². The molecule has 2 heterocycles. The number of nitrogens with one attached hydrogen (secondary N) is 2. The van der Waals surface area contributed by atoms with Gasteiger partial charge in [0.15, 0.2) is 0 Å². The van der Waals surface area contributed by atoms with Gasteiger partial charge < -0.3 is 20.1 Å². The quantitative estimate of drug-likeness (QED) is 0.159. The number of rotatable bonds is 14. The van der Waals surface area contributed by atoms with E-state index in [0.717, 1.165) is 53.4 Å². The molecule has 0 aliphatic heterocycles. The Morgan fingerprint density at radius 3 is 2.65 bits per heavy atom. The number of methoxy groups -OCH3 is 1. The summed E-state index contributed by atoms with van der Waals surface area (Å²) in [7, 11) is 1.63. The Morgan fingerprint density at radius 2 is 1.95 bits per heavy atom. The number of ether oxygens (including phenoxy) is 2. The second-order valence-electron chi connectivity index (χ2n) is 10.1. The van der Waals surface area contributed by atoms with Crippen molar-refractivity contribution in [3.05, 3.63) is 64.3 Å². The maximum atomic E-state index is 13.6. The third-order valence-electron chi connectivity index (χ3n) is 7.18. The average molecular weight is 585 g/mol. The van der Waals surface area contributed by atoms with Crippen LogP contribution in [0.5, 0.6) is 5.75 Å². The maximum absolute atomic E-state index is 13.6. The third kappa shape index (κ3) is 7.96. The van der Waals surface area contributed by atoms with E-state index < -0.39 is 6.04 Å². The lowest BCUT2D eigenvalue weighted by Gasteiger charge is -2.28. The summed E-state index contributed by atoms with van der Waals surface area (Å²) in [5.74, 6) is 0.909. The Bertz CT molecular complexity index is 1260. The third-order valence-corrected chi connectivity index (χ3v) is 8.67. The van der Waals surface area contributed by atoms with Crippen molar-refractivity contribution >= 4 is 51.6 Å². The molecule has 1 fully saturated rings. The van der Waals surface area contributed by atoms with Crippen LogP contribution in [0.4, 0.5) is 16.4 Å². The minimum Gasteiger partial charge on any atom is -0.491 e. The first-order valence-corrected chi connectivity index (χ1v) is 14.8. The molecular formula is C30H37ClN4O4S. The fourth-order valence-electron chi connectivity index (χ4n) is 4.96. The van der Waals surface area contributed by atoms with Gasteiger partial charge in [-0.1, -0.05) is 37.3 Å². The van der Waals surface area contributed by atoms with Crippen LogP contribution >= 0.6 is 22.9 Å². The van der Waals surface area contributed by atoms with Crippen LogP contribution in [0.3, 0.4) is 0 Å². The molecule has 0 saturated heterocycles. The van der Waals surface area contributed by atoms with Gasteiger partial charge in [-0.05, 0) is 68.7 Å². The first-order valence-electron chi connectivity index (χ1n) is 13.6. The largest absolute Gasteiger partial charge is 0.491 e. The number of hydrogen-bond donors (Lipinski definition) is 2. The van der Waals surface area contributed by atoms with Crippen molar-refractivity contribution in [3.8, 4) is 5.75 Å². The highest BCUT2D eigenvalue weighted by molar-refractivity contribution is 7.16. The molecule has 4 rings (SSSR count). The lowest BCUT2D eigenvalue weighted by atomic mass is 9.97. The molecule has 0 bridgehead atoms. The van der Waals surface area contributed by atoms with Gasteiger partial charge >= 0.3 is 0 Å². The predicted octanol–water partition coefficient (Wildman–Crippen LogP) is 6.85. The van der Waals surface area contributed by atoms with Crippen molar-refractivity contribution in [2.24, 2.45) is 5.92 Å². The second-order valence-corrected chi connectivity index (χ2v) is 11.6. The smallest absolute Gasteiger partial charge is 0.247 e. The first kappa shape index (κ1) is 29.8. The summed E-state index contributed by atoms with van der Waals surface area (Å²) in [5, 5.41) is 7.78. The Morgan fingerprint density at radius 1 is 1.20 bits per heavy atom. The zero-order chi connectivity index (χ0) is 28.5. The van der Waals surface area contributed by atoms with Crippen LogP contribution in [-0.4, -0.2) is 43.7 Å². The molecule has 1 aliphatic rings. The summed E-state index contributed by atoms with van der Waals surface area (Å²) in [6.45, 7) is 4.92. The number of anilines is 3. The van der Waals surface area contributed by atoms with Crippen molar-refractivity contribution in [2.75, 3.05) is 35.9 Å². The SMILES string of the molecule is COCCOc1ccc(NC(=O)[C@H](CC2CCCC2)N(C=O)c2ccc([C@H](C)Nc3cc(Cl)cnc3C)s2)cc1. The first-order chi connectivity index (χ1) is 19.4. The summed E-state index contributed by atoms with van der Waals surface area (Å²) in [6.07, 6.45) is 7.51. The number of carbonyl (C=O) groups is 2. The van der Waals surface area contributed by atoms with E-state index in [1.165, 1.54) is 11.3 Å². The number of amides is 2. The van der Waals surface area contributed by atoms with Gasteiger partial charge in [-0.25, -0.2) is 0 Å². The molecule has 0 radical (unpaired) electrons. The van der Waals surface area contributed by atoms with Crippen molar-refractivity contribution in [1.29, 1.82) is 0 Å². The minimum absolute atomic E-state index is 0.0436. The van der Waals surface area contributed by atoms with E-state index in [1.54, 1.807) is 30.3 Å². The van der Waals surface area contributed by atoms with Gasteiger partial charge in [-0.2, -0.15) is 0 Å². The van der Waals surface area contributed by atoms with Gasteiger partial charge in [0.2, 0.25) is 12.3 Å². The predicted molar refractivity (Wildman–Crippen MR) is 162 cm³/mol. The monoisotopic (exact) mass is 584 g/mol. The number of nitrogens with zero attached hydrogens (tertiary/aromatic N) is 2. The van der Waals surface area contributed by atoms with E-state index in [2.05, 4.69) is 15.6 Å². The molecule has 3 aromatic rings. The van der Waals surface area contributed by atoms with Crippen LogP contribution < -0.4 is 20.3 Å². The average Bonchev–Trinajstić information content (AvgIpc) is 3.65. The summed E-state index contributed by atoms with van der Waals surface area (Å²) in [6, 6.07) is 12.3. The molecule has 0 unspecified atom stereocenters. The van der Waals surface area contributed by atoms with Crippen LogP contribution in [0.15, 0.2) is 48.7 Å². The number of aromatic nitrogens is 1. The number of thiophene rings is 1. The second kappa shape index (κ2) is 14.5. The highest BCUT2D eigenvalue weighted by atomic mass is 35.5.